The maximum Gasteiger partial charge on any atom is 0.255 e. The Morgan fingerprint density at radius 2 is 2.00 bits per heavy atom. The molecule has 0 radical (unpaired) electrons. The lowest BCUT2D eigenvalue weighted by Gasteiger charge is -2.32. The van der Waals surface area contributed by atoms with Gasteiger partial charge in [-0.2, -0.15) is 0 Å². The molecule has 1 fully saturated rings. The summed E-state index contributed by atoms with van der Waals surface area (Å²) in [4.78, 5) is 29.6. The van der Waals surface area contributed by atoms with Crippen LogP contribution in [0.25, 0.3) is 0 Å². The smallest absolute Gasteiger partial charge is 0.255 e. The number of halogens is 2. The molecule has 1 aliphatic heterocycles. The molecule has 0 bridgehead atoms. The molecule has 1 aromatic heterocycles. The van der Waals surface area contributed by atoms with Crippen LogP contribution in [0.1, 0.15) is 23.2 Å². The number of nitrogens with one attached hydrogen (secondary N) is 1. The van der Waals surface area contributed by atoms with Crippen LogP contribution in [0, 0.1) is 11.6 Å². The van der Waals surface area contributed by atoms with Gasteiger partial charge in [-0.25, -0.2) is 8.78 Å². The van der Waals surface area contributed by atoms with Gasteiger partial charge in [0.1, 0.15) is 11.9 Å². The van der Waals surface area contributed by atoms with Gasteiger partial charge in [-0.05, 0) is 31.0 Å². The zero-order valence-electron chi connectivity index (χ0n) is 12.7. The number of piperidine rings is 1. The second-order valence-corrected chi connectivity index (χ2v) is 5.47. The molecule has 1 saturated heterocycles. The van der Waals surface area contributed by atoms with Gasteiger partial charge in [0.2, 0.25) is 5.91 Å². The molecule has 2 heterocycles. The van der Waals surface area contributed by atoms with E-state index < -0.39 is 29.5 Å². The van der Waals surface area contributed by atoms with Crippen molar-refractivity contribution < 1.29 is 18.4 Å². The number of hydrogen-bond donors (Lipinski definition) is 1. The van der Waals surface area contributed by atoms with Crippen LogP contribution in [0.2, 0.25) is 0 Å². The van der Waals surface area contributed by atoms with Crippen molar-refractivity contribution in [1.29, 1.82) is 0 Å². The van der Waals surface area contributed by atoms with Crippen LogP contribution >= 0.6 is 0 Å². The number of benzene rings is 1. The molecule has 2 amide bonds. The predicted molar refractivity (Wildman–Crippen MR) is 83.4 cm³/mol. The average Bonchev–Trinajstić information content (AvgIpc) is 2.58. The third-order valence-corrected chi connectivity index (χ3v) is 3.90. The summed E-state index contributed by atoms with van der Waals surface area (Å²) in [7, 11) is 0. The maximum atomic E-state index is 13.9. The normalized spacial score (nSPS) is 17.7. The Morgan fingerprint density at radius 3 is 2.75 bits per heavy atom. The van der Waals surface area contributed by atoms with Crippen molar-refractivity contribution in [1.82, 2.24) is 10.3 Å². The van der Waals surface area contributed by atoms with Gasteiger partial charge in [0.05, 0.1) is 17.4 Å². The minimum atomic E-state index is -0.821. The molecule has 0 aliphatic carbocycles. The molecule has 7 heteroatoms. The lowest BCUT2D eigenvalue weighted by atomic mass is 10.0. The van der Waals surface area contributed by atoms with Gasteiger partial charge < -0.3 is 10.2 Å². The van der Waals surface area contributed by atoms with E-state index in [9.17, 15) is 18.4 Å². The highest BCUT2D eigenvalue weighted by molar-refractivity contribution is 6.02. The summed E-state index contributed by atoms with van der Waals surface area (Å²) in [5.41, 5.74) is -0.00245. The molecule has 1 aliphatic rings. The molecule has 0 saturated carbocycles. The molecule has 3 rings (SSSR count). The van der Waals surface area contributed by atoms with E-state index in [1.165, 1.54) is 29.3 Å². The van der Waals surface area contributed by atoms with Crippen LogP contribution in [0.5, 0.6) is 0 Å². The summed E-state index contributed by atoms with van der Waals surface area (Å²) in [6, 6.07) is 6.39. The van der Waals surface area contributed by atoms with Gasteiger partial charge in [-0.15, -0.1) is 0 Å². The van der Waals surface area contributed by atoms with Crippen molar-refractivity contribution in [3.05, 3.63) is 59.9 Å². The minimum Gasteiger partial charge on any atom is -0.340 e. The molecular weight excluding hydrogens is 316 g/mol. The van der Waals surface area contributed by atoms with Gasteiger partial charge in [0, 0.05) is 12.7 Å². The average molecular weight is 331 g/mol. The summed E-state index contributed by atoms with van der Waals surface area (Å²) in [5.74, 6) is -2.36. The zero-order valence-corrected chi connectivity index (χ0v) is 12.7. The molecule has 1 atom stereocenters. The molecule has 1 N–H and O–H groups in total. The number of amides is 2. The van der Waals surface area contributed by atoms with Gasteiger partial charge in [-0.3, -0.25) is 14.6 Å². The van der Waals surface area contributed by atoms with Gasteiger partial charge in [-0.1, -0.05) is 12.1 Å². The molecule has 0 unspecified atom stereocenters. The zero-order chi connectivity index (χ0) is 17.1. The summed E-state index contributed by atoms with van der Waals surface area (Å²) in [6.45, 7) is 0.371. The second kappa shape index (κ2) is 6.74. The summed E-state index contributed by atoms with van der Waals surface area (Å²) >= 11 is 0. The number of carbonyl (C=O) groups is 2. The Labute approximate surface area is 137 Å². The van der Waals surface area contributed by atoms with E-state index in [1.54, 1.807) is 12.1 Å². The third kappa shape index (κ3) is 3.10. The quantitative estimate of drug-likeness (QED) is 0.939. The minimum absolute atomic E-state index is 0.177. The second-order valence-electron chi connectivity index (χ2n) is 5.47. The highest BCUT2D eigenvalue weighted by atomic mass is 19.1. The monoisotopic (exact) mass is 331 g/mol. The molecule has 24 heavy (non-hydrogen) atoms. The highest BCUT2D eigenvalue weighted by Gasteiger charge is 2.32. The number of hydrogen-bond acceptors (Lipinski definition) is 3. The highest BCUT2D eigenvalue weighted by Crippen LogP contribution is 2.24. The van der Waals surface area contributed by atoms with E-state index in [2.05, 4.69) is 10.3 Å². The van der Waals surface area contributed by atoms with Gasteiger partial charge >= 0.3 is 0 Å². The lowest BCUT2D eigenvalue weighted by Crippen LogP contribution is -2.52. The first-order valence-corrected chi connectivity index (χ1v) is 7.54. The fourth-order valence-electron chi connectivity index (χ4n) is 2.71. The van der Waals surface area contributed by atoms with Crippen molar-refractivity contribution in [2.45, 2.75) is 18.9 Å². The van der Waals surface area contributed by atoms with E-state index in [-0.39, 0.29) is 11.3 Å². The Hall–Kier alpha value is -2.83. The van der Waals surface area contributed by atoms with Crippen LogP contribution in [-0.2, 0) is 4.79 Å². The maximum absolute atomic E-state index is 13.9. The van der Waals surface area contributed by atoms with Crippen molar-refractivity contribution in [2.24, 2.45) is 0 Å². The Morgan fingerprint density at radius 1 is 1.21 bits per heavy atom. The number of anilines is 1. The van der Waals surface area contributed by atoms with Crippen LogP contribution in [0.4, 0.5) is 14.5 Å². The predicted octanol–water partition coefficient (Wildman–Crippen LogP) is 2.29. The summed E-state index contributed by atoms with van der Waals surface area (Å²) < 4.78 is 27.5. The van der Waals surface area contributed by atoms with E-state index in [0.29, 0.717) is 19.4 Å². The van der Waals surface area contributed by atoms with E-state index in [1.807, 2.05) is 0 Å². The Balaban J connectivity index is 1.77. The van der Waals surface area contributed by atoms with Crippen molar-refractivity contribution in [3.8, 4) is 0 Å². The summed E-state index contributed by atoms with van der Waals surface area (Å²) in [5, 5.41) is 2.52. The van der Waals surface area contributed by atoms with Crippen LogP contribution in [0.15, 0.2) is 42.7 Å². The van der Waals surface area contributed by atoms with E-state index >= 15 is 0 Å². The third-order valence-electron chi connectivity index (χ3n) is 3.90. The molecule has 5 nitrogen and oxygen atoms in total. The number of aromatic nitrogens is 1. The van der Waals surface area contributed by atoms with E-state index in [0.717, 1.165) is 6.20 Å². The van der Waals surface area contributed by atoms with Crippen LogP contribution in [0.3, 0.4) is 0 Å². The topological polar surface area (TPSA) is 62.3 Å². The standard InChI is InChI=1S/C17H15F2N3O2/c18-12-4-1-2-6-15(12)22-9-3-5-14(17(22)24)21-16(23)11-7-8-20-10-13(11)19/h1-2,4,6-8,10,14H,3,5,9H2,(H,21,23)/t14-/m1/s1. The van der Waals surface area contributed by atoms with Crippen molar-refractivity contribution >= 4 is 17.5 Å². The SMILES string of the molecule is O=C(N[C@@H]1CCCN(c2ccccc2F)C1=O)c1ccncc1F. The lowest BCUT2D eigenvalue weighted by molar-refractivity contribution is -0.121. The van der Waals surface area contributed by atoms with Gasteiger partial charge in [0.15, 0.2) is 5.82 Å². The fourth-order valence-corrected chi connectivity index (χ4v) is 2.71. The van der Waals surface area contributed by atoms with Crippen molar-refractivity contribution in [3.63, 3.8) is 0 Å². The first-order valence-electron chi connectivity index (χ1n) is 7.54. The van der Waals surface area contributed by atoms with Gasteiger partial charge in [0.25, 0.3) is 5.91 Å². The summed E-state index contributed by atoms with van der Waals surface area (Å²) in [6.07, 6.45) is 3.25. The molecule has 2 aromatic rings. The first-order chi connectivity index (χ1) is 11.6. The number of para-hydroxylation sites is 1. The van der Waals surface area contributed by atoms with Crippen LogP contribution < -0.4 is 10.2 Å². The Bertz CT molecular complexity index is 782. The Kier molecular flexibility index (Phi) is 4.50. The molecule has 124 valence electrons. The fraction of sp³-hybridized carbons (Fsp3) is 0.235. The molecule has 0 spiro atoms. The van der Waals surface area contributed by atoms with Crippen LogP contribution in [-0.4, -0.2) is 29.4 Å². The number of rotatable bonds is 3. The molecule has 1 aromatic carbocycles. The first kappa shape index (κ1) is 16.0. The molecular formula is C17H15F2N3O2. The van der Waals surface area contributed by atoms with E-state index in [4.69, 9.17) is 0 Å². The van der Waals surface area contributed by atoms with Crippen molar-refractivity contribution in [2.75, 3.05) is 11.4 Å². The number of carbonyl (C=O) groups excluding carboxylic acids is 2. The number of nitrogens with zero attached hydrogens (tertiary/aromatic N) is 2. The largest absolute Gasteiger partial charge is 0.340 e. The number of pyridine rings is 1.